The molecule has 0 saturated carbocycles. The fourth-order valence-corrected chi connectivity index (χ4v) is 5.09. The van der Waals surface area contributed by atoms with Crippen LogP contribution in [0, 0.1) is 6.92 Å². The van der Waals surface area contributed by atoms with Crippen molar-refractivity contribution in [3.8, 4) is 5.69 Å². The van der Waals surface area contributed by atoms with Crippen molar-refractivity contribution in [1.82, 2.24) is 19.3 Å². The van der Waals surface area contributed by atoms with Gasteiger partial charge in [-0.3, -0.25) is 9.59 Å². The predicted octanol–water partition coefficient (Wildman–Crippen LogP) is 4.56. The molecule has 4 aromatic rings. The summed E-state index contributed by atoms with van der Waals surface area (Å²) in [7, 11) is 0. The molecule has 4 heterocycles. The number of carbonyl (C=O) groups is 1. The molecule has 5 rings (SSSR count). The number of benzene rings is 1. The summed E-state index contributed by atoms with van der Waals surface area (Å²) < 4.78 is 3.52. The lowest BCUT2D eigenvalue weighted by Gasteiger charge is -2.13. The van der Waals surface area contributed by atoms with E-state index < -0.39 is 5.91 Å². The SMILES string of the molecule is CCn1cc(C(=O)Nc2c3c(nn2-c2cccc(Cl)c2)CSC3)c(=O)c2ccc(C)nc21. The Morgan fingerprint density at radius 1 is 1.25 bits per heavy atom. The van der Waals surface area contributed by atoms with Crippen LogP contribution < -0.4 is 10.7 Å². The number of nitrogens with zero attached hydrogens (tertiary/aromatic N) is 4. The molecule has 0 unspecified atom stereocenters. The van der Waals surface area contributed by atoms with Crippen molar-refractivity contribution >= 4 is 46.1 Å². The van der Waals surface area contributed by atoms with Crippen LogP contribution in [0.4, 0.5) is 5.82 Å². The molecule has 1 amide bonds. The summed E-state index contributed by atoms with van der Waals surface area (Å²) in [5.74, 6) is 1.62. The highest BCUT2D eigenvalue weighted by Crippen LogP contribution is 2.36. The van der Waals surface area contributed by atoms with E-state index in [1.165, 1.54) is 0 Å². The van der Waals surface area contributed by atoms with E-state index in [1.807, 2.05) is 30.5 Å². The third-order valence-electron chi connectivity index (χ3n) is 5.48. The van der Waals surface area contributed by atoms with Crippen LogP contribution in [0.5, 0.6) is 0 Å². The second kappa shape index (κ2) is 8.11. The molecule has 1 aliphatic rings. The van der Waals surface area contributed by atoms with Crippen LogP contribution in [0.15, 0.2) is 47.4 Å². The van der Waals surface area contributed by atoms with Crippen LogP contribution in [0.3, 0.4) is 0 Å². The van der Waals surface area contributed by atoms with E-state index in [0.717, 1.165) is 34.1 Å². The summed E-state index contributed by atoms with van der Waals surface area (Å²) >= 11 is 7.92. The highest BCUT2D eigenvalue weighted by molar-refractivity contribution is 7.98. The molecular weight excluding hydrogens is 446 g/mol. The first kappa shape index (κ1) is 20.8. The van der Waals surface area contributed by atoms with Crippen molar-refractivity contribution in [1.29, 1.82) is 0 Å². The van der Waals surface area contributed by atoms with E-state index in [1.54, 1.807) is 46.9 Å². The quantitative estimate of drug-likeness (QED) is 0.477. The summed E-state index contributed by atoms with van der Waals surface area (Å²) in [5, 5.41) is 8.66. The fourth-order valence-electron chi connectivity index (χ4n) is 3.87. The molecule has 0 aliphatic carbocycles. The number of anilines is 1. The number of thioether (sulfide) groups is 1. The molecule has 0 spiro atoms. The second-order valence-electron chi connectivity index (χ2n) is 7.59. The van der Waals surface area contributed by atoms with Crippen LogP contribution >= 0.6 is 23.4 Å². The zero-order chi connectivity index (χ0) is 22.4. The van der Waals surface area contributed by atoms with Gasteiger partial charge < -0.3 is 9.88 Å². The van der Waals surface area contributed by atoms with Crippen molar-refractivity contribution in [2.45, 2.75) is 31.9 Å². The van der Waals surface area contributed by atoms with Gasteiger partial charge in [-0.2, -0.15) is 16.9 Å². The molecule has 1 aliphatic heterocycles. The predicted molar refractivity (Wildman–Crippen MR) is 128 cm³/mol. The zero-order valence-corrected chi connectivity index (χ0v) is 19.1. The number of aromatic nitrogens is 4. The lowest BCUT2D eigenvalue weighted by atomic mass is 10.1. The van der Waals surface area contributed by atoms with Crippen molar-refractivity contribution in [3.05, 3.63) is 80.4 Å². The number of nitrogens with one attached hydrogen (secondary N) is 1. The van der Waals surface area contributed by atoms with Gasteiger partial charge in [-0.25, -0.2) is 9.67 Å². The van der Waals surface area contributed by atoms with Gasteiger partial charge in [0.2, 0.25) is 5.43 Å². The van der Waals surface area contributed by atoms with Crippen LogP contribution in [0.2, 0.25) is 5.02 Å². The molecule has 32 heavy (non-hydrogen) atoms. The maximum absolute atomic E-state index is 13.3. The monoisotopic (exact) mass is 465 g/mol. The molecule has 0 radical (unpaired) electrons. The summed E-state index contributed by atoms with van der Waals surface area (Å²) in [5.41, 5.74) is 3.77. The maximum atomic E-state index is 13.3. The topological polar surface area (TPSA) is 81.8 Å². The second-order valence-corrected chi connectivity index (χ2v) is 9.02. The number of aryl methyl sites for hydroxylation is 2. The standard InChI is InChI=1S/C23H20ClN5O2S/c1-3-28-10-17(20(30)16-8-7-13(2)25-21(16)28)23(31)26-22-18-11-32-12-19(18)27-29(22)15-6-4-5-14(24)9-15/h4-10H,3,11-12H2,1-2H3,(H,26,31). The van der Waals surface area contributed by atoms with Crippen molar-refractivity contribution in [3.63, 3.8) is 0 Å². The third-order valence-corrected chi connectivity index (χ3v) is 6.69. The molecular formula is C23H20ClN5O2S. The average Bonchev–Trinajstić information content (AvgIpc) is 3.36. The fraction of sp³-hybridized carbons (Fsp3) is 0.217. The Morgan fingerprint density at radius 2 is 2.09 bits per heavy atom. The molecule has 9 heteroatoms. The molecule has 0 atom stereocenters. The van der Waals surface area contributed by atoms with Gasteiger partial charge >= 0.3 is 0 Å². The van der Waals surface area contributed by atoms with E-state index in [9.17, 15) is 9.59 Å². The number of fused-ring (bicyclic) bond motifs is 2. The summed E-state index contributed by atoms with van der Waals surface area (Å²) in [6.07, 6.45) is 1.58. The Kier molecular flexibility index (Phi) is 5.27. The largest absolute Gasteiger partial charge is 0.332 e. The summed E-state index contributed by atoms with van der Waals surface area (Å²) in [6.45, 7) is 4.41. The lowest BCUT2D eigenvalue weighted by molar-refractivity contribution is 0.102. The number of pyridine rings is 2. The van der Waals surface area contributed by atoms with Crippen molar-refractivity contribution in [2.75, 3.05) is 5.32 Å². The molecule has 3 aromatic heterocycles. The summed E-state index contributed by atoms with van der Waals surface area (Å²) in [4.78, 5) is 31.0. The van der Waals surface area contributed by atoms with Gasteiger partial charge in [-0.15, -0.1) is 0 Å². The van der Waals surface area contributed by atoms with Crippen LogP contribution in [0.25, 0.3) is 16.7 Å². The minimum Gasteiger partial charge on any atom is -0.332 e. The average molecular weight is 466 g/mol. The molecule has 0 bridgehead atoms. The number of carbonyl (C=O) groups excluding carboxylic acids is 1. The summed E-state index contributed by atoms with van der Waals surface area (Å²) in [6, 6.07) is 10.8. The normalized spacial score (nSPS) is 12.8. The molecule has 1 N–H and O–H groups in total. The number of rotatable bonds is 4. The lowest BCUT2D eigenvalue weighted by Crippen LogP contribution is -2.25. The van der Waals surface area contributed by atoms with E-state index in [0.29, 0.717) is 28.4 Å². The van der Waals surface area contributed by atoms with Gasteiger partial charge in [-0.1, -0.05) is 17.7 Å². The number of amides is 1. The smallest absolute Gasteiger partial charge is 0.262 e. The van der Waals surface area contributed by atoms with Gasteiger partial charge in [-0.05, 0) is 44.2 Å². The Morgan fingerprint density at radius 3 is 2.88 bits per heavy atom. The first-order valence-electron chi connectivity index (χ1n) is 10.2. The molecule has 162 valence electrons. The minimum atomic E-state index is -0.470. The molecule has 7 nitrogen and oxygen atoms in total. The zero-order valence-electron chi connectivity index (χ0n) is 17.6. The molecule has 0 fully saturated rings. The van der Waals surface area contributed by atoms with Crippen LogP contribution in [-0.4, -0.2) is 25.2 Å². The van der Waals surface area contributed by atoms with Gasteiger partial charge in [0, 0.05) is 40.5 Å². The van der Waals surface area contributed by atoms with Crippen molar-refractivity contribution in [2.24, 2.45) is 0 Å². The minimum absolute atomic E-state index is 0.0725. The van der Waals surface area contributed by atoms with Crippen LogP contribution in [-0.2, 0) is 18.1 Å². The Labute approximate surface area is 193 Å². The van der Waals surface area contributed by atoms with Crippen LogP contribution in [0.1, 0.15) is 34.2 Å². The van der Waals surface area contributed by atoms with Crippen molar-refractivity contribution < 1.29 is 4.79 Å². The first-order valence-corrected chi connectivity index (χ1v) is 11.8. The van der Waals surface area contributed by atoms with Gasteiger partial charge in [0.15, 0.2) is 0 Å². The number of hydrogen-bond donors (Lipinski definition) is 1. The number of hydrogen-bond acceptors (Lipinski definition) is 5. The van der Waals surface area contributed by atoms with E-state index in [-0.39, 0.29) is 11.0 Å². The van der Waals surface area contributed by atoms with E-state index in [2.05, 4.69) is 10.3 Å². The van der Waals surface area contributed by atoms with Gasteiger partial charge in [0.25, 0.3) is 5.91 Å². The first-order chi connectivity index (χ1) is 15.5. The number of halogens is 1. The highest BCUT2D eigenvalue weighted by Gasteiger charge is 2.26. The Bertz CT molecular complexity index is 1440. The third kappa shape index (κ3) is 3.49. The highest BCUT2D eigenvalue weighted by atomic mass is 35.5. The Hall–Kier alpha value is -3.10. The van der Waals surface area contributed by atoms with E-state index in [4.69, 9.17) is 16.7 Å². The maximum Gasteiger partial charge on any atom is 0.262 e. The van der Waals surface area contributed by atoms with E-state index >= 15 is 0 Å². The molecule has 1 aromatic carbocycles. The molecule has 0 saturated heterocycles. The van der Waals surface area contributed by atoms with Gasteiger partial charge in [0.1, 0.15) is 17.0 Å². The van der Waals surface area contributed by atoms with Gasteiger partial charge in [0.05, 0.1) is 16.8 Å². The Balaban J connectivity index is 1.61.